The molecule has 0 aromatic heterocycles. The summed E-state index contributed by atoms with van der Waals surface area (Å²) in [6.07, 6.45) is -6.12. The van der Waals surface area contributed by atoms with Crippen molar-refractivity contribution in [2.24, 2.45) is 0 Å². The summed E-state index contributed by atoms with van der Waals surface area (Å²) >= 11 is 4.16. The van der Waals surface area contributed by atoms with Gasteiger partial charge in [-0.1, -0.05) is 0 Å². The molecule has 210 valence electrons. The Morgan fingerprint density at radius 2 is 0.800 bits per heavy atom. The molecule has 0 atom stereocenters. The van der Waals surface area contributed by atoms with Gasteiger partial charge in [-0.2, -0.15) is 79.0 Å². The van der Waals surface area contributed by atoms with E-state index < -0.39 is 71.8 Å². The third-order valence-electron chi connectivity index (χ3n) is 3.89. The molecule has 2 nitrogen and oxygen atoms in total. The third kappa shape index (κ3) is 4.40. The monoisotopic (exact) mass is 594 g/mol. The van der Waals surface area contributed by atoms with Crippen LogP contribution in [0.5, 0.6) is 0 Å². The molecular weight excluding hydrogens is 592 g/mol. The van der Waals surface area contributed by atoms with E-state index in [9.17, 15) is 92.6 Å². The van der Waals surface area contributed by atoms with Crippen LogP contribution in [0.1, 0.15) is 0 Å². The Labute approximate surface area is 182 Å². The van der Waals surface area contributed by atoms with Crippen LogP contribution in [0.4, 0.5) is 92.6 Å². The van der Waals surface area contributed by atoms with E-state index in [4.69, 9.17) is 0 Å². The van der Waals surface area contributed by atoms with E-state index in [1.807, 2.05) is 0 Å². The summed E-state index contributed by atoms with van der Waals surface area (Å²) < 4.78 is 264. The van der Waals surface area contributed by atoms with Gasteiger partial charge in [0.05, 0.1) is 0 Å². The molecule has 0 aliphatic heterocycles. The van der Waals surface area contributed by atoms with Crippen LogP contribution >= 0.6 is 11.6 Å². The van der Waals surface area contributed by atoms with Crippen LogP contribution in [-0.2, 0) is 4.74 Å². The highest BCUT2D eigenvalue weighted by Gasteiger charge is 2.96. The summed E-state index contributed by atoms with van der Waals surface area (Å²) in [5, 5.41) is 0. The van der Waals surface area contributed by atoms with E-state index >= 15 is 0 Å². The lowest BCUT2D eigenvalue weighted by Crippen LogP contribution is -2.76. The van der Waals surface area contributed by atoms with Crippen molar-refractivity contribution < 1.29 is 97.3 Å². The highest BCUT2D eigenvalue weighted by Crippen LogP contribution is 2.65. The zero-order chi connectivity index (χ0) is 29.1. The van der Waals surface area contributed by atoms with Gasteiger partial charge in [-0.3, -0.25) is 0 Å². The summed E-state index contributed by atoms with van der Waals surface area (Å²) in [5.74, 6) is -76.0. The maximum Gasteiger partial charge on any atom is 0.403 e. The van der Waals surface area contributed by atoms with Gasteiger partial charge in [-0.15, -0.1) is 0 Å². The van der Waals surface area contributed by atoms with Crippen LogP contribution in [0.25, 0.3) is 0 Å². The van der Waals surface area contributed by atoms with Gasteiger partial charge in [0.2, 0.25) is 0 Å². The van der Waals surface area contributed by atoms with Crippen molar-refractivity contribution in [1.29, 1.82) is 0 Å². The predicted molar refractivity (Wildman–Crippen MR) is 67.7 cm³/mol. The summed E-state index contributed by atoms with van der Waals surface area (Å²) in [6.45, 7) is -3.48. The molecule has 0 bridgehead atoms. The quantitative estimate of drug-likeness (QED) is 0.185. The molecule has 0 N–H and O–H groups in total. The average Bonchev–Trinajstić information content (AvgIpc) is 2.64. The molecule has 0 aromatic carbocycles. The van der Waals surface area contributed by atoms with Crippen LogP contribution < -0.4 is 0 Å². The Balaban J connectivity index is 6.89. The maximum atomic E-state index is 13.4. The molecule has 0 heterocycles. The predicted octanol–water partition coefficient (Wildman–Crippen LogP) is 7.34. The molecular formula is C12H3ClF20O2. The second-order valence-corrected chi connectivity index (χ2v) is 6.48. The molecule has 23 heteroatoms. The zero-order valence-corrected chi connectivity index (χ0v) is 15.8. The number of ether oxygens (including phenoxy) is 1. The molecule has 0 aliphatic carbocycles. The van der Waals surface area contributed by atoms with E-state index in [1.165, 1.54) is 0 Å². The van der Waals surface area contributed by atoms with Crippen LogP contribution in [0.15, 0.2) is 0 Å². The first-order valence-corrected chi connectivity index (χ1v) is 7.74. The minimum absolute atomic E-state index is 2.56. The standard InChI is InChI=1S/C12H3ClF20O2/c13-3(34)35-1-4(16,17)6(20,21)8(24,25)10(28,29)12(32,33)11(30,31)9(26,27)7(22,23)5(18,19)2(14)15/h2H,1H2. The van der Waals surface area contributed by atoms with Crippen molar-refractivity contribution in [3.05, 3.63) is 0 Å². The Hall–Kier alpha value is -1.64. The number of halogens is 21. The van der Waals surface area contributed by atoms with Crippen molar-refractivity contribution >= 4 is 17.0 Å². The van der Waals surface area contributed by atoms with E-state index in [0.29, 0.717) is 0 Å². The Kier molecular flexibility index (Phi) is 8.33. The number of carbonyl (C=O) groups excluding carboxylic acids is 1. The first-order valence-electron chi connectivity index (χ1n) is 7.37. The SMILES string of the molecule is O=C(Cl)OCC(F)(F)C(F)(F)C(F)(F)C(F)(F)C(F)(F)C(F)(F)C(F)(F)C(F)(F)C(F)(F)C(F)F. The number of rotatable bonds is 11. The molecule has 0 aliphatic rings. The van der Waals surface area contributed by atoms with Crippen molar-refractivity contribution in [3.8, 4) is 0 Å². The van der Waals surface area contributed by atoms with Crippen LogP contribution in [0, 0.1) is 0 Å². The van der Waals surface area contributed by atoms with Gasteiger partial charge < -0.3 is 4.74 Å². The summed E-state index contributed by atoms with van der Waals surface area (Å²) in [7, 11) is 0. The minimum Gasteiger partial charge on any atom is -0.447 e. The van der Waals surface area contributed by atoms with E-state index in [2.05, 4.69) is 16.3 Å². The number of alkyl halides is 20. The number of hydrogen-bond donors (Lipinski definition) is 0. The second kappa shape index (κ2) is 8.73. The summed E-state index contributed by atoms with van der Waals surface area (Å²) in [5.41, 5.74) is -2.56. The Morgan fingerprint density at radius 1 is 0.543 bits per heavy atom. The Morgan fingerprint density at radius 3 is 1.06 bits per heavy atom. The maximum absolute atomic E-state index is 13.4. The molecule has 35 heavy (non-hydrogen) atoms. The average molecular weight is 595 g/mol. The largest absolute Gasteiger partial charge is 0.447 e. The fraction of sp³-hybridized carbons (Fsp3) is 0.917. The van der Waals surface area contributed by atoms with Crippen molar-refractivity contribution in [2.45, 2.75) is 59.7 Å². The molecule has 0 fully saturated rings. The highest BCUT2D eigenvalue weighted by molar-refractivity contribution is 6.61. The zero-order valence-electron chi connectivity index (χ0n) is 15.0. The summed E-state index contributed by atoms with van der Waals surface area (Å²) in [4.78, 5) is 10.0. The van der Waals surface area contributed by atoms with Crippen LogP contribution in [0.3, 0.4) is 0 Å². The topological polar surface area (TPSA) is 26.3 Å². The third-order valence-corrected chi connectivity index (χ3v) is 3.99. The lowest BCUT2D eigenvalue weighted by molar-refractivity contribution is -0.465. The molecule has 0 saturated heterocycles. The molecule has 0 spiro atoms. The fourth-order valence-electron chi connectivity index (χ4n) is 1.80. The number of hydrogen-bond acceptors (Lipinski definition) is 2. The normalized spacial score (nSPS) is 16.1. The van der Waals surface area contributed by atoms with Gasteiger partial charge >= 0.3 is 65.2 Å². The van der Waals surface area contributed by atoms with Crippen molar-refractivity contribution in [2.75, 3.05) is 6.61 Å². The van der Waals surface area contributed by atoms with Gasteiger partial charge in [0.25, 0.3) is 0 Å². The fourth-order valence-corrected chi connectivity index (χ4v) is 1.85. The highest BCUT2D eigenvalue weighted by atomic mass is 35.5. The second-order valence-electron chi connectivity index (χ2n) is 6.18. The lowest BCUT2D eigenvalue weighted by atomic mass is 9.86. The first-order chi connectivity index (χ1) is 14.9. The molecule has 0 rings (SSSR count). The summed E-state index contributed by atoms with van der Waals surface area (Å²) in [6, 6.07) is 0. The minimum atomic E-state index is -9.09. The van der Waals surface area contributed by atoms with Gasteiger partial charge in [-0.05, 0) is 0 Å². The molecule has 0 amide bonds. The van der Waals surface area contributed by atoms with Crippen LogP contribution in [-0.4, -0.2) is 71.8 Å². The van der Waals surface area contributed by atoms with Crippen LogP contribution in [0.2, 0.25) is 0 Å². The molecule has 0 aromatic rings. The van der Waals surface area contributed by atoms with Crippen molar-refractivity contribution in [1.82, 2.24) is 0 Å². The number of carbonyl (C=O) groups is 1. The van der Waals surface area contributed by atoms with Gasteiger partial charge in [0, 0.05) is 11.6 Å². The molecule has 0 unspecified atom stereocenters. The van der Waals surface area contributed by atoms with E-state index in [0.717, 1.165) is 0 Å². The first kappa shape index (κ1) is 33.4. The van der Waals surface area contributed by atoms with E-state index in [1.54, 1.807) is 0 Å². The van der Waals surface area contributed by atoms with Gasteiger partial charge in [0.15, 0.2) is 6.61 Å². The van der Waals surface area contributed by atoms with Gasteiger partial charge in [-0.25, -0.2) is 13.6 Å². The van der Waals surface area contributed by atoms with Gasteiger partial charge in [0.1, 0.15) is 0 Å². The lowest BCUT2D eigenvalue weighted by Gasteiger charge is -2.44. The molecule has 0 radical (unpaired) electrons. The Bertz CT molecular complexity index is 789. The smallest absolute Gasteiger partial charge is 0.403 e. The van der Waals surface area contributed by atoms with E-state index in [-0.39, 0.29) is 0 Å². The molecule has 0 saturated carbocycles. The van der Waals surface area contributed by atoms with Crippen molar-refractivity contribution in [3.63, 3.8) is 0 Å².